The summed E-state index contributed by atoms with van der Waals surface area (Å²) in [6, 6.07) is 15.3. The van der Waals surface area contributed by atoms with Crippen LogP contribution < -0.4 is 16.5 Å². The SMILES string of the molecule is NC(=O)C(NC(=O)c1cc(=O)c2ccccc2o1)c1ccccc1. The van der Waals surface area contributed by atoms with E-state index in [9.17, 15) is 14.4 Å². The summed E-state index contributed by atoms with van der Waals surface area (Å²) in [6.45, 7) is 0. The first-order chi connectivity index (χ1) is 11.6. The highest BCUT2D eigenvalue weighted by Crippen LogP contribution is 2.15. The van der Waals surface area contributed by atoms with Gasteiger partial charge in [0.1, 0.15) is 11.6 Å². The van der Waals surface area contributed by atoms with E-state index in [-0.39, 0.29) is 11.2 Å². The molecule has 2 amide bonds. The van der Waals surface area contributed by atoms with E-state index in [0.717, 1.165) is 6.07 Å². The van der Waals surface area contributed by atoms with Crippen LogP contribution in [-0.2, 0) is 4.79 Å². The number of carbonyl (C=O) groups is 2. The first kappa shape index (κ1) is 15.5. The molecule has 1 aromatic heterocycles. The van der Waals surface area contributed by atoms with Gasteiger partial charge in [-0.2, -0.15) is 0 Å². The third kappa shape index (κ3) is 3.03. The fraction of sp³-hybridized carbons (Fsp3) is 0.0556. The van der Waals surface area contributed by atoms with E-state index in [1.165, 1.54) is 0 Å². The number of amides is 2. The van der Waals surface area contributed by atoms with Crippen molar-refractivity contribution < 1.29 is 14.0 Å². The Bertz CT molecular complexity index is 963. The Kier molecular flexibility index (Phi) is 4.11. The molecule has 0 radical (unpaired) electrons. The molecule has 3 aromatic rings. The van der Waals surface area contributed by atoms with Gasteiger partial charge >= 0.3 is 0 Å². The normalized spacial score (nSPS) is 11.8. The Morgan fingerprint density at radius 3 is 2.38 bits per heavy atom. The zero-order chi connectivity index (χ0) is 17.1. The number of fused-ring (bicyclic) bond motifs is 1. The van der Waals surface area contributed by atoms with Crippen molar-refractivity contribution in [1.29, 1.82) is 0 Å². The minimum absolute atomic E-state index is 0.180. The molecule has 0 saturated carbocycles. The summed E-state index contributed by atoms with van der Waals surface area (Å²) >= 11 is 0. The van der Waals surface area contributed by atoms with Crippen LogP contribution in [0.1, 0.15) is 22.2 Å². The molecule has 0 fully saturated rings. The summed E-state index contributed by atoms with van der Waals surface area (Å²) in [4.78, 5) is 36.1. The molecule has 120 valence electrons. The second-order valence-electron chi connectivity index (χ2n) is 5.19. The summed E-state index contributed by atoms with van der Waals surface area (Å²) in [6.07, 6.45) is 0. The van der Waals surface area contributed by atoms with Gasteiger partial charge in [-0.3, -0.25) is 14.4 Å². The molecule has 6 nitrogen and oxygen atoms in total. The van der Waals surface area contributed by atoms with Crippen molar-refractivity contribution in [2.45, 2.75) is 6.04 Å². The second kappa shape index (κ2) is 6.37. The average molecular weight is 322 g/mol. The lowest BCUT2D eigenvalue weighted by Gasteiger charge is -2.15. The summed E-state index contributed by atoms with van der Waals surface area (Å²) in [5, 5.41) is 2.87. The lowest BCUT2D eigenvalue weighted by atomic mass is 10.1. The van der Waals surface area contributed by atoms with E-state index in [2.05, 4.69) is 5.32 Å². The van der Waals surface area contributed by atoms with Gasteiger partial charge in [0.2, 0.25) is 5.91 Å². The monoisotopic (exact) mass is 322 g/mol. The van der Waals surface area contributed by atoms with Gasteiger partial charge in [-0.05, 0) is 17.7 Å². The molecular weight excluding hydrogens is 308 g/mol. The molecule has 1 unspecified atom stereocenters. The highest BCUT2D eigenvalue weighted by Gasteiger charge is 2.22. The van der Waals surface area contributed by atoms with Crippen LogP contribution >= 0.6 is 0 Å². The Morgan fingerprint density at radius 1 is 1.00 bits per heavy atom. The Hall–Kier alpha value is -3.41. The van der Waals surface area contributed by atoms with Crippen molar-refractivity contribution in [3.8, 4) is 0 Å². The van der Waals surface area contributed by atoms with Crippen LogP contribution in [0, 0.1) is 0 Å². The molecule has 0 aliphatic heterocycles. The molecule has 1 heterocycles. The fourth-order valence-corrected chi connectivity index (χ4v) is 2.38. The van der Waals surface area contributed by atoms with E-state index in [1.54, 1.807) is 54.6 Å². The maximum atomic E-state index is 12.4. The standard InChI is InChI=1S/C18H14N2O4/c19-17(22)16(11-6-2-1-3-7-11)20-18(23)15-10-13(21)12-8-4-5-9-14(12)24-15/h1-10,16H,(H2,19,22)(H,20,23). The summed E-state index contributed by atoms with van der Waals surface area (Å²) in [5.74, 6) is -1.58. The molecule has 3 N–H and O–H groups in total. The van der Waals surface area contributed by atoms with E-state index < -0.39 is 17.9 Å². The molecule has 24 heavy (non-hydrogen) atoms. The zero-order valence-electron chi connectivity index (χ0n) is 12.6. The molecule has 1 atom stereocenters. The molecule has 2 aromatic carbocycles. The molecule has 3 rings (SSSR count). The average Bonchev–Trinajstić information content (AvgIpc) is 2.60. The largest absolute Gasteiger partial charge is 0.451 e. The smallest absolute Gasteiger partial charge is 0.288 e. The van der Waals surface area contributed by atoms with Crippen molar-refractivity contribution in [3.05, 3.63) is 82.2 Å². The quantitative estimate of drug-likeness (QED) is 0.764. The van der Waals surface area contributed by atoms with Gasteiger partial charge in [-0.25, -0.2) is 0 Å². The van der Waals surface area contributed by atoms with Gasteiger partial charge in [-0.1, -0.05) is 42.5 Å². The number of hydrogen-bond donors (Lipinski definition) is 2. The van der Waals surface area contributed by atoms with E-state index in [4.69, 9.17) is 10.2 Å². The van der Waals surface area contributed by atoms with Crippen molar-refractivity contribution >= 4 is 22.8 Å². The summed E-state index contributed by atoms with van der Waals surface area (Å²) in [7, 11) is 0. The van der Waals surface area contributed by atoms with Crippen molar-refractivity contribution in [3.63, 3.8) is 0 Å². The number of para-hydroxylation sites is 1. The van der Waals surface area contributed by atoms with Crippen LogP contribution in [0.2, 0.25) is 0 Å². The molecule has 0 aliphatic carbocycles. The predicted octanol–water partition coefficient (Wildman–Crippen LogP) is 1.75. The Labute approximate surface area is 136 Å². The van der Waals surface area contributed by atoms with Crippen LogP contribution in [-0.4, -0.2) is 11.8 Å². The van der Waals surface area contributed by atoms with Gasteiger partial charge in [0, 0.05) is 6.07 Å². The molecule has 0 aliphatic rings. The topological polar surface area (TPSA) is 102 Å². The maximum absolute atomic E-state index is 12.4. The summed E-state index contributed by atoms with van der Waals surface area (Å²) in [5.41, 5.74) is 5.87. The Balaban J connectivity index is 1.94. The number of hydrogen-bond acceptors (Lipinski definition) is 4. The number of rotatable bonds is 4. The van der Waals surface area contributed by atoms with Gasteiger partial charge in [0.05, 0.1) is 5.39 Å². The van der Waals surface area contributed by atoms with E-state index >= 15 is 0 Å². The van der Waals surface area contributed by atoms with Crippen LogP contribution in [0.4, 0.5) is 0 Å². The van der Waals surface area contributed by atoms with Crippen LogP contribution in [0.5, 0.6) is 0 Å². The lowest BCUT2D eigenvalue weighted by Crippen LogP contribution is -2.37. The van der Waals surface area contributed by atoms with Gasteiger partial charge in [0.15, 0.2) is 11.2 Å². The van der Waals surface area contributed by atoms with Crippen molar-refractivity contribution in [2.24, 2.45) is 5.73 Å². The molecule has 0 bridgehead atoms. The molecule has 6 heteroatoms. The first-order valence-corrected chi connectivity index (χ1v) is 7.24. The third-order valence-electron chi connectivity index (χ3n) is 3.55. The minimum atomic E-state index is -1.02. The number of carbonyl (C=O) groups excluding carboxylic acids is 2. The summed E-state index contributed by atoms with van der Waals surface area (Å²) < 4.78 is 5.46. The Morgan fingerprint density at radius 2 is 1.67 bits per heavy atom. The number of benzene rings is 2. The van der Waals surface area contributed by atoms with Crippen LogP contribution in [0.25, 0.3) is 11.0 Å². The van der Waals surface area contributed by atoms with Crippen molar-refractivity contribution in [2.75, 3.05) is 0 Å². The molecule has 0 saturated heterocycles. The number of primary amides is 1. The number of nitrogens with one attached hydrogen (secondary N) is 1. The second-order valence-corrected chi connectivity index (χ2v) is 5.19. The third-order valence-corrected chi connectivity index (χ3v) is 3.55. The van der Waals surface area contributed by atoms with Crippen molar-refractivity contribution in [1.82, 2.24) is 5.32 Å². The molecular formula is C18H14N2O4. The van der Waals surface area contributed by atoms with E-state index in [1.807, 2.05) is 0 Å². The lowest BCUT2D eigenvalue weighted by molar-refractivity contribution is -0.120. The first-order valence-electron chi connectivity index (χ1n) is 7.24. The van der Waals surface area contributed by atoms with Crippen LogP contribution in [0.15, 0.2) is 69.9 Å². The van der Waals surface area contributed by atoms with Gasteiger partial charge < -0.3 is 15.5 Å². The maximum Gasteiger partial charge on any atom is 0.288 e. The number of nitrogens with two attached hydrogens (primary N) is 1. The van der Waals surface area contributed by atoms with Gasteiger partial charge in [0.25, 0.3) is 5.91 Å². The highest BCUT2D eigenvalue weighted by molar-refractivity contribution is 5.96. The van der Waals surface area contributed by atoms with Crippen LogP contribution in [0.3, 0.4) is 0 Å². The van der Waals surface area contributed by atoms with E-state index in [0.29, 0.717) is 16.5 Å². The predicted molar refractivity (Wildman–Crippen MR) is 88.3 cm³/mol. The minimum Gasteiger partial charge on any atom is -0.451 e. The fourth-order valence-electron chi connectivity index (χ4n) is 2.38. The molecule has 0 spiro atoms. The van der Waals surface area contributed by atoms with Gasteiger partial charge in [-0.15, -0.1) is 0 Å². The zero-order valence-corrected chi connectivity index (χ0v) is 12.6. The highest BCUT2D eigenvalue weighted by atomic mass is 16.3.